The van der Waals surface area contributed by atoms with Gasteiger partial charge in [-0.05, 0) is 38.2 Å². The maximum absolute atomic E-state index is 12.8. The third-order valence-electron chi connectivity index (χ3n) is 5.16. The Morgan fingerprint density at radius 3 is 2.10 bits per heavy atom. The van der Waals surface area contributed by atoms with Gasteiger partial charge in [0.2, 0.25) is 5.91 Å². The lowest BCUT2D eigenvalue weighted by Crippen LogP contribution is -2.48. The monoisotopic (exact) mass is 287 g/mol. The van der Waals surface area contributed by atoms with Crippen molar-refractivity contribution in [3.63, 3.8) is 0 Å². The highest BCUT2D eigenvalue weighted by Gasteiger charge is 2.53. The van der Waals surface area contributed by atoms with Gasteiger partial charge in [-0.25, -0.2) is 0 Å². The van der Waals surface area contributed by atoms with E-state index in [1.54, 1.807) is 6.92 Å². The molecule has 0 unspecified atom stereocenters. The summed E-state index contributed by atoms with van der Waals surface area (Å²) in [7, 11) is 0. The fourth-order valence-corrected chi connectivity index (χ4v) is 3.23. The predicted octanol–water partition coefficient (Wildman–Crippen LogP) is 2.43. The van der Waals surface area contributed by atoms with E-state index >= 15 is 0 Å². The van der Waals surface area contributed by atoms with Crippen molar-refractivity contribution >= 4 is 11.9 Å². The molecule has 4 nitrogen and oxygen atoms in total. The maximum atomic E-state index is 12.8. The summed E-state index contributed by atoms with van der Waals surface area (Å²) in [5, 5.41) is 9.27. The molecular formula is C17H21NO3. The maximum Gasteiger partial charge on any atom is 0.309 e. The fraction of sp³-hybridized carbons (Fsp3) is 0.529. The number of piperidine rings is 1. The number of hydrogen-bond donors (Lipinski definition) is 1. The third kappa shape index (κ3) is 2.33. The molecule has 3 rings (SSSR count). The number of aliphatic carboxylic acids is 1. The Balaban J connectivity index is 1.72. The molecule has 1 aliphatic carbocycles. The molecule has 4 heteroatoms. The molecule has 1 saturated heterocycles. The van der Waals surface area contributed by atoms with Gasteiger partial charge in [-0.1, -0.05) is 30.3 Å². The molecule has 112 valence electrons. The molecule has 2 aliphatic rings. The first-order chi connectivity index (χ1) is 9.98. The van der Waals surface area contributed by atoms with Gasteiger partial charge >= 0.3 is 5.97 Å². The van der Waals surface area contributed by atoms with E-state index in [1.165, 1.54) is 0 Å². The predicted molar refractivity (Wildman–Crippen MR) is 78.9 cm³/mol. The number of carboxylic acids is 1. The zero-order valence-electron chi connectivity index (χ0n) is 12.3. The second-order valence-electron chi connectivity index (χ2n) is 6.61. The van der Waals surface area contributed by atoms with Crippen LogP contribution in [-0.2, 0) is 15.0 Å². The number of rotatable bonds is 3. The van der Waals surface area contributed by atoms with Gasteiger partial charge in [-0.2, -0.15) is 0 Å². The minimum Gasteiger partial charge on any atom is -0.481 e. The van der Waals surface area contributed by atoms with E-state index in [0.29, 0.717) is 25.9 Å². The Kier molecular flexibility index (Phi) is 3.27. The lowest BCUT2D eigenvalue weighted by Gasteiger charge is -2.38. The average Bonchev–Trinajstić information content (AvgIpc) is 3.30. The molecule has 0 radical (unpaired) electrons. The number of benzene rings is 1. The van der Waals surface area contributed by atoms with Crippen molar-refractivity contribution in [3.05, 3.63) is 35.9 Å². The molecule has 2 fully saturated rings. The van der Waals surface area contributed by atoms with E-state index in [2.05, 4.69) is 0 Å². The van der Waals surface area contributed by atoms with Gasteiger partial charge in [0, 0.05) is 13.1 Å². The first-order valence-corrected chi connectivity index (χ1v) is 7.56. The molecule has 0 aromatic heterocycles. The van der Waals surface area contributed by atoms with E-state index in [0.717, 1.165) is 18.4 Å². The van der Waals surface area contributed by atoms with Crippen LogP contribution >= 0.6 is 0 Å². The van der Waals surface area contributed by atoms with Crippen molar-refractivity contribution in [2.45, 2.75) is 38.0 Å². The Morgan fingerprint density at radius 2 is 1.62 bits per heavy atom. The van der Waals surface area contributed by atoms with Crippen molar-refractivity contribution < 1.29 is 14.7 Å². The molecule has 1 amide bonds. The summed E-state index contributed by atoms with van der Waals surface area (Å²) in [4.78, 5) is 26.0. The van der Waals surface area contributed by atoms with Crippen LogP contribution in [0.5, 0.6) is 0 Å². The summed E-state index contributed by atoms with van der Waals surface area (Å²) < 4.78 is 0. The summed E-state index contributed by atoms with van der Waals surface area (Å²) in [5.41, 5.74) is 0.0833. The first-order valence-electron chi connectivity index (χ1n) is 7.56. The summed E-state index contributed by atoms with van der Waals surface area (Å²) in [6, 6.07) is 9.95. The summed E-state index contributed by atoms with van der Waals surface area (Å²) in [5.74, 6) is -0.570. The standard InChI is InChI=1S/C17H21NO3/c1-16(15(20)21)9-11-18(12-10-16)14(19)17(7-8-17)13-5-3-2-4-6-13/h2-6H,7-12H2,1H3,(H,20,21). The zero-order chi connectivity index (χ0) is 15.1. The van der Waals surface area contributed by atoms with E-state index in [-0.39, 0.29) is 11.3 Å². The molecule has 1 saturated carbocycles. The van der Waals surface area contributed by atoms with Crippen LogP contribution < -0.4 is 0 Å². The van der Waals surface area contributed by atoms with Crippen LogP contribution in [0.1, 0.15) is 38.2 Å². The molecular weight excluding hydrogens is 266 g/mol. The van der Waals surface area contributed by atoms with Crippen molar-refractivity contribution in [1.29, 1.82) is 0 Å². The van der Waals surface area contributed by atoms with E-state index in [9.17, 15) is 14.7 Å². The van der Waals surface area contributed by atoms with Crippen LogP contribution in [0, 0.1) is 5.41 Å². The van der Waals surface area contributed by atoms with Crippen LogP contribution in [0.15, 0.2) is 30.3 Å². The fourth-order valence-electron chi connectivity index (χ4n) is 3.23. The summed E-state index contributed by atoms with van der Waals surface area (Å²) in [6.07, 6.45) is 2.89. The van der Waals surface area contributed by atoms with Gasteiger partial charge in [0.25, 0.3) is 0 Å². The molecule has 1 N–H and O–H groups in total. The van der Waals surface area contributed by atoms with Crippen LogP contribution in [0.25, 0.3) is 0 Å². The van der Waals surface area contributed by atoms with Crippen LogP contribution in [0.2, 0.25) is 0 Å². The van der Waals surface area contributed by atoms with Crippen molar-refractivity contribution in [2.24, 2.45) is 5.41 Å². The van der Waals surface area contributed by atoms with Crippen LogP contribution in [-0.4, -0.2) is 35.0 Å². The van der Waals surface area contributed by atoms with Gasteiger partial charge in [0.15, 0.2) is 0 Å². The van der Waals surface area contributed by atoms with Gasteiger partial charge in [0.05, 0.1) is 10.8 Å². The highest BCUT2D eigenvalue weighted by atomic mass is 16.4. The number of carboxylic acid groups (broad SMARTS) is 1. The van der Waals surface area contributed by atoms with Gasteiger partial charge in [0.1, 0.15) is 0 Å². The topological polar surface area (TPSA) is 57.6 Å². The molecule has 1 aromatic rings. The first kappa shape index (κ1) is 14.1. The van der Waals surface area contributed by atoms with Crippen molar-refractivity contribution in [3.8, 4) is 0 Å². The number of amides is 1. The second kappa shape index (κ2) is 4.86. The quantitative estimate of drug-likeness (QED) is 0.929. The van der Waals surface area contributed by atoms with Gasteiger partial charge in [-0.15, -0.1) is 0 Å². The second-order valence-corrected chi connectivity index (χ2v) is 6.61. The Hall–Kier alpha value is -1.84. The molecule has 1 heterocycles. The van der Waals surface area contributed by atoms with E-state index < -0.39 is 11.4 Å². The molecule has 0 spiro atoms. The lowest BCUT2D eigenvalue weighted by molar-refractivity contribution is -0.153. The zero-order valence-corrected chi connectivity index (χ0v) is 12.3. The van der Waals surface area contributed by atoms with Crippen molar-refractivity contribution in [1.82, 2.24) is 4.90 Å². The molecule has 1 aromatic carbocycles. The molecule has 0 atom stereocenters. The Morgan fingerprint density at radius 1 is 1.05 bits per heavy atom. The largest absolute Gasteiger partial charge is 0.481 e. The number of carbonyl (C=O) groups excluding carboxylic acids is 1. The summed E-state index contributed by atoms with van der Waals surface area (Å²) in [6.45, 7) is 2.88. The highest BCUT2D eigenvalue weighted by Crippen LogP contribution is 2.50. The highest BCUT2D eigenvalue weighted by molar-refractivity contribution is 5.91. The van der Waals surface area contributed by atoms with E-state index in [4.69, 9.17) is 0 Å². The lowest BCUT2D eigenvalue weighted by atomic mass is 9.80. The number of nitrogens with zero attached hydrogens (tertiary/aromatic N) is 1. The van der Waals surface area contributed by atoms with E-state index in [1.807, 2.05) is 35.2 Å². The average molecular weight is 287 g/mol. The van der Waals surface area contributed by atoms with Crippen molar-refractivity contribution in [2.75, 3.05) is 13.1 Å². The number of hydrogen-bond acceptors (Lipinski definition) is 2. The van der Waals surface area contributed by atoms with Crippen LogP contribution in [0.4, 0.5) is 0 Å². The van der Waals surface area contributed by atoms with Gasteiger partial charge in [-0.3, -0.25) is 9.59 Å². The SMILES string of the molecule is CC1(C(=O)O)CCN(C(=O)C2(c3ccccc3)CC2)CC1. The minimum atomic E-state index is -0.751. The smallest absolute Gasteiger partial charge is 0.309 e. The normalized spacial score (nSPS) is 22.6. The minimum absolute atomic E-state index is 0.182. The Bertz CT molecular complexity index is 555. The Labute approximate surface area is 124 Å². The number of likely N-dealkylation sites (tertiary alicyclic amines) is 1. The summed E-state index contributed by atoms with van der Waals surface area (Å²) >= 11 is 0. The molecule has 1 aliphatic heterocycles. The number of carbonyl (C=O) groups is 2. The third-order valence-corrected chi connectivity index (χ3v) is 5.16. The molecule has 21 heavy (non-hydrogen) atoms. The van der Waals surface area contributed by atoms with Crippen LogP contribution in [0.3, 0.4) is 0 Å². The molecule has 0 bridgehead atoms. The van der Waals surface area contributed by atoms with Gasteiger partial charge < -0.3 is 10.0 Å².